The third-order valence-electron chi connectivity index (χ3n) is 7.61. The number of aromatic nitrogens is 2. The molecule has 2 aromatic carbocycles. The van der Waals surface area contributed by atoms with E-state index in [9.17, 15) is 19.5 Å². The van der Waals surface area contributed by atoms with Gasteiger partial charge in [0.25, 0.3) is 0 Å². The molecule has 3 heterocycles. The lowest BCUT2D eigenvalue weighted by atomic mass is 10.00. The lowest BCUT2D eigenvalue weighted by Crippen LogP contribution is -2.53. The molecule has 0 fully saturated rings. The highest BCUT2D eigenvalue weighted by atomic mass is 16.4. The summed E-state index contributed by atoms with van der Waals surface area (Å²) in [5.41, 5.74) is 9.73. The highest BCUT2D eigenvalue weighted by Crippen LogP contribution is 2.35. The van der Waals surface area contributed by atoms with Crippen molar-refractivity contribution in [3.8, 4) is 0 Å². The molecule has 4 aromatic rings. The SMILES string of the molecule is Cc1oc([C@@H](Cc2cn(C)c3ccccc23)N(C(=O)[C@@H](N)CC(C)C)C(=O)N2CCc3ccccc32)nc1C(=O)O. The Bertz CT molecular complexity index is 1620. The summed E-state index contributed by atoms with van der Waals surface area (Å²) in [5.74, 6) is -1.65. The van der Waals surface area contributed by atoms with Crippen LogP contribution in [0.1, 0.15) is 59.6 Å². The molecule has 10 heteroatoms. The number of aromatic carboxylic acids is 1. The normalized spacial score (nSPS) is 14.3. The van der Waals surface area contributed by atoms with Crippen LogP contribution in [0, 0.1) is 12.8 Å². The van der Waals surface area contributed by atoms with E-state index in [0.717, 1.165) is 32.6 Å². The van der Waals surface area contributed by atoms with Gasteiger partial charge in [0, 0.05) is 42.8 Å². The van der Waals surface area contributed by atoms with Crippen LogP contribution in [0.25, 0.3) is 10.9 Å². The third-order valence-corrected chi connectivity index (χ3v) is 7.61. The zero-order valence-electron chi connectivity index (χ0n) is 23.7. The van der Waals surface area contributed by atoms with Crippen molar-refractivity contribution in [3.63, 3.8) is 0 Å². The lowest BCUT2D eigenvalue weighted by molar-refractivity contribution is -0.132. The van der Waals surface area contributed by atoms with Crippen molar-refractivity contribution in [2.24, 2.45) is 18.7 Å². The van der Waals surface area contributed by atoms with Gasteiger partial charge in [0.1, 0.15) is 11.8 Å². The fraction of sp³-hybridized carbons (Fsp3) is 0.355. The van der Waals surface area contributed by atoms with Gasteiger partial charge in [-0.05, 0) is 48.9 Å². The highest BCUT2D eigenvalue weighted by Gasteiger charge is 2.41. The molecule has 2 aromatic heterocycles. The van der Waals surface area contributed by atoms with Crippen LogP contribution in [0.3, 0.4) is 0 Å². The number of oxazole rings is 1. The Kier molecular flexibility index (Phi) is 7.68. The first-order valence-electron chi connectivity index (χ1n) is 13.8. The molecule has 0 unspecified atom stereocenters. The van der Waals surface area contributed by atoms with Crippen molar-refractivity contribution in [2.45, 2.75) is 52.1 Å². The van der Waals surface area contributed by atoms with Crippen molar-refractivity contribution >= 4 is 34.5 Å². The van der Waals surface area contributed by atoms with E-state index >= 15 is 0 Å². The van der Waals surface area contributed by atoms with Crippen molar-refractivity contribution < 1.29 is 23.9 Å². The van der Waals surface area contributed by atoms with Crippen LogP contribution in [0.15, 0.2) is 59.1 Å². The smallest absolute Gasteiger partial charge is 0.358 e. The number of carboxylic acids is 1. The molecular weight excluding hydrogens is 522 g/mol. The van der Waals surface area contributed by atoms with Gasteiger partial charge in [0.05, 0.1) is 6.04 Å². The number of urea groups is 1. The number of carboxylic acid groups (broad SMARTS) is 1. The number of carbonyl (C=O) groups is 3. The van der Waals surface area contributed by atoms with E-state index < -0.39 is 30.0 Å². The molecule has 41 heavy (non-hydrogen) atoms. The largest absolute Gasteiger partial charge is 0.476 e. The Balaban J connectivity index is 1.66. The van der Waals surface area contributed by atoms with Crippen molar-refractivity contribution in [2.75, 3.05) is 11.4 Å². The summed E-state index contributed by atoms with van der Waals surface area (Å²) in [7, 11) is 1.92. The minimum atomic E-state index is -1.25. The number of nitrogens with two attached hydrogens (primary N) is 1. The van der Waals surface area contributed by atoms with Crippen molar-refractivity contribution in [1.29, 1.82) is 0 Å². The van der Waals surface area contributed by atoms with Gasteiger partial charge >= 0.3 is 12.0 Å². The number of fused-ring (bicyclic) bond motifs is 2. The molecule has 0 spiro atoms. The summed E-state index contributed by atoms with van der Waals surface area (Å²) in [6.45, 7) is 5.82. The number of para-hydroxylation sites is 2. The Hall–Kier alpha value is -4.44. The molecule has 1 aliphatic heterocycles. The van der Waals surface area contributed by atoms with E-state index in [-0.39, 0.29) is 29.7 Å². The van der Waals surface area contributed by atoms with Crippen LogP contribution in [-0.4, -0.2) is 50.1 Å². The molecule has 2 atom stereocenters. The third kappa shape index (κ3) is 5.35. The summed E-state index contributed by atoms with van der Waals surface area (Å²) >= 11 is 0. The summed E-state index contributed by atoms with van der Waals surface area (Å²) in [5, 5.41) is 10.7. The van der Waals surface area contributed by atoms with Crippen molar-refractivity contribution in [3.05, 3.63) is 83.2 Å². The Morgan fingerprint density at radius 3 is 2.54 bits per heavy atom. The van der Waals surface area contributed by atoms with Crippen LogP contribution in [0.5, 0.6) is 0 Å². The first-order chi connectivity index (χ1) is 19.6. The Morgan fingerprint density at radius 2 is 1.83 bits per heavy atom. The van der Waals surface area contributed by atoms with E-state index in [4.69, 9.17) is 10.2 Å². The van der Waals surface area contributed by atoms with E-state index in [1.54, 1.807) is 4.90 Å². The van der Waals surface area contributed by atoms with Crippen LogP contribution in [0.2, 0.25) is 0 Å². The number of carbonyl (C=O) groups excluding carboxylic acids is 2. The molecule has 1 aliphatic rings. The Labute approximate surface area is 238 Å². The second kappa shape index (κ2) is 11.2. The number of aryl methyl sites for hydroxylation is 2. The van der Waals surface area contributed by atoms with E-state index in [1.165, 1.54) is 6.92 Å². The molecule has 10 nitrogen and oxygen atoms in total. The van der Waals surface area contributed by atoms with Gasteiger partial charge in [-0.2, -0.15) is 0 Å². The Morgan fingerprint density at radius 1 is 1.12 bits per heavy atom. The quantitative estimate of drug-likeness (QED) is 0.316. The number of benzene rings is 2. The fourth-order valence-electron chi connectivity index (χ4n) is 5.68. The van der Waals surface area contributed by atoms with Crippen LogP contribution >= 0.6 is 0 Å². The number of hydrogen-bond acceptors (Lipinski definition) is 6. The van der Waals surface area contributed by atoms with Gasteiger partial charge in [-0.25, -0.2) is 19.5 Å². The zero-order valence-corrected chi connectivity index (χ0v) is 23.7. The molecule has 0 saturated heterocycles. The maximum atomic E-state index is 14.4. The summed E-state index contributed by atoms with van der Waals surface area (Å²) in [6.07, 6.45) is 3.11. The topological polar surface area (TPSA) is 135 Å². The molecule has 0 bridgehead atoms. The van der Waals surface area contributed by atoms with Gasteiger partial charge in [0.15, 0.2) is 5.69 Å². The second-order valence-electron chi connectivity index (χ2n) is 11.0. The van der Waals surface area contributed by atoms with Crippen LogP contribution in [0.4, 0.5) is 10.5 Å². The van der Waals surface area contributed by atoms with Gasteiger partial charge in [-0.3, -0.25) is 9.69 Å². The summed E-state index contributed by atoms with van der Waals surface area (Å²) in [6, 6.07) is 12.9. The van der Waals surface area contributed by atoms with Crippen LogP contribution < -0.4 is 10.6 Å². The maximum absolute atomic E-state index is 14.4. The first kappa shape index (κ1) is 28.1. The molecular formula is C31H35N5O5. The average Bonchev–Trinajstić information content (AvgIpc) is 3.63. The minimum Gasteiger partial charge on any atom is -0.476 e. The standard InChI is InChI=1S/C31H35N5O5/c1-18(2)15-23(32)29(37)36(31(40)35-14-13-20-9-5-7-11-24(20)35)26(28-33-27(30(38)39)19(3)41-28)16-21-17-34(4)25-12-8-6-10-22(21)25/h5-12,17-18,23,26H,13-16,32H2,1-4H3,(H,38,39)/t23-,26+/m0/s1. The molecule has 5 rings (SSSR count). The number of hydrogen-bond donors (Lipinski definition) is 2. The minimum absolute atomic E-state index is 0.0289. The molecule has 0 saturated carbocycles. The number of rotatable bonds is 8. The lowest BCUT2D eigenvalue weighted by Gasteiger charge is -2.34. The van der Waals surface area contributed by atoms with Gasteiger partial charge in [0.2, 0.25) is 11.8 Å². The predicted molar refractivity (Wildman–Crippen MR) is 155 cm³/mol. The zero-order chi connectivity index (χ0) is 29.4. The fourth-order valence-corrected chi connectivity index (χ4v) is 5.68. The van der Waals surface area contributed by atoms with E-state index in [0.29, 0.717) is 19.4 Å². The van der Waals surface area contributed by atoms with E-state index in [1.807, 2.05) is 80.2 Å². The number of amides is 3. The van der Waals surface area contributed by atoms with E-state index in [2.05, 4.69) is 4.98 Å². The molecule has 3 N–H and O–H groups in total. The number of nitrogens with zero attached hydrogens (tertiary/aromatic N) is 4. The second-order valence-corrected chi connectivity index (χ2v) is 11.0. The monoisotopic (exact) mass is 557 g/mol. The van der Waals surface area contributed by atoms with Crippen molar-refractivity contribution in [1.82, 2.24) is 14.5 Å². The molecule has 3 amide bonds. The number of anilines is 1. The molecule has 214 valence electrons. The van der Waals surface area contributed by atoms with Gasteiger partial charge < -0.3 is 19.8 Å². The summed E-state index contributed by atoms with van der Waals surface area (Å²) < 4.78 is 7.87. The van der Waals surface area contributed by atoms with Gasteiger partial charge in [-0.15, -0.1) is 0 Å². The molecule has 0 aliphatic carbocycles. The average molecular weight is 558 g/mol. The number of imide groups is 1. The summed E-state index contributed by atoms with van der Waals surface area (Å²) in [4.78, 5) is 47.5. The van der Waals surface area contributed by atoms with Crippen LogP contribution in [-0.2, 0) is 24.7 Å². The molecule has 0 radical (unpaired) electrons. The first-order valence-corrected chi connectivity index (χ1v) is 13.8. The predicted octanol–water partition coefficient (Wildman–Crippen LogP) is 4.84. The highest BCUT2D eigenvalue weighted by molar-refractivity contribution is 6.05. The maximum Gasteiger partial charge on any atom is 0.358 e. The van der Waals surface area contributed by atoms with Gasteiger partial charge in [-0.1, -0.05) is 50.2 Å².